The zero-order valence-corrected chi connectivity index (χ0v) is 29.7. The Morgan fingerprint density at radius 3 is 2.28 bits per heavy atom. The molecule has 3 heterocycles. The Labute approximate surface area is 283 Å². The third kappa shape index (κ3) is 7.96. The van der Waals surface area contributed by atoms with E-state index in [1.165, 1.54) is 11.1 Å². The lowest BCUT2D eigenvalue weighted by molar-refractivity contribution is 0.243. The van der Waals surface area contributed by atoms with Gasteiger partial charge in [-0.05, 0) is 94.7 Å². The van der Waals surface area contributed by atoms with Crippen molar-refractivity contribution in [2.24, 2.45) is 0 Å². The summed E-state index contributed by atoms with van der Waals surface area (Å²) in [5, 5.41) is 6.32. The fraction of sp³-hybridized carbons (Fsp3) is 0.429. The van der Waals surface area contributed by atoms with E-state index in [2.05, 4.69) is 63.4 Å². The highest BCUT2D eigenvalue weighted by atomic mass is 35.5. The number of ether oxygens (including phenoxy) is 1. The minimum absolute atomic E-state index is 0.00431. The first-order valence-electron chi connectivity index (χ1n) is 16.1. The molecule has 47 heavy (non-hydrogen) atoms. The highest BCUT2D eigenvalue weighted by molar-refractivity contribution is 7.92. The van der Waals surface area contributed by atoms with Crippen molar-refractivity contribution in [3.63, 3.8) is 0 Å². The first kappa shape index (κ1) is 34.4. The summed E-state index contributed by atoms with van der Waals surface area (Å²) in [4.78, 5) is 20.7. The minimum Gasteiger partial charge on any atom is -0.489 e. The van der Waals surface area contributed by atoms with E-state index >= 15 is 0 Å². The fourth-order valence-electron chi connectivity index (χ4n) is 5.62. The maximum atomic E-state index is 13.0. The summed E-state index contributed by atoms with van der Waals surface area (Å²) in [6.07, 6.45) is 6.95. The second-order valence-corrected chi connectivity index (χ2v) is 15.7. The van der Waals surface area contributed by atoms with Gasteiger partial charge in [0, 0.05) is 13.1 Å². The Morgan fingerprint density at radius 1 is 0.915 bits per heavy atom. The Hall–Kier alpha value is -3.96. The number of anilines is 5. The van der Waals surface area contributed by atoms with E-state index < -0.39 is 15.1 Å². The molecule has 0 unspecified atom stereocenters. The van der Waals surface area contributed by atoms with E-state index in [1.807, 2.05) is 20.0 Å². The van der Waals surface area contributed by atoms with Crippen molar-refractivity contribution < 1.29 is 13.2 Å². The maximum Gasteiger partial charge on any atom is 0.227 e. The van der Waals surface area contributed by atoms with Gasteiger partial charge in [0.1, 0.15) is 16.6 Å². The molecule has 12 heteroatoms. The van der Waals surface area contributed by atoms with Crippen molar-refractivity contribution in [3.8, 4) is 5.75 Å². The van der Waals surface area contributed by atoms with Crippen LogP contribution in [0, 0.1) is 6.92 Å². The molecule has 2 N–H and O–H groups in total. The standard InChI is InChI=1S/C35H44ClN7O3S/c1-21(2)30-19-38-33(20-37-30)40-29-16-24(7)26(17-31(29)46-22(3)4)25-12-14-43(15-13-25)35-39-18-27(36)34(42-35)41-28-10-8-9-11-32(28)47(44,45)23(5)6/h8-11,16-23,25H,12-15H2,1-7H3,(H,38,40)(H,39,41,42). The highest BCUT2D eigenvalue weighted by Gasteiger charge is 2.27. The largest absolute Gasteiger partial charge is 0.489 e. The van der Waals surface area contributed by atoms with Crippen LogP contribution >= 0.6 is 11.6 Å². The quantitative estimate of drug-likeness (QED) is 0.161. The molecule has 1 fully saturated rings. The predicted octanol–water partition coefficient (Wildman–Crippen LogP) is 8.19. The summed E-state index contributed by atoms with van der Waals surface area (Å²) in [7, 11) is -3.52. The van der Waals surface area contributed by atoms with Crippen LogP contribution in [0.15, 0.2) is 59.9 Å². The molecule has 0 spiro atoms. The number of hydrogen-bond acceptors (Lipinski definition) is 10. The number of rotatable bonds is 11. The minimum atomic E-state index is -3.52. The van der Waals surface area contributed by atoms with E-state index in [0.717, 1.165) is 43.1 Å². The molecule has 1 saturated heterocycles. The Bertz CT molecular complexity index is 1810. The third-order valence-electron chi connectivity index (χ3n) is 8.27. The molecule has 0 aliphatic carbocycles. The van der Waals surface area contributed by atoms with Crippen molar-refractivity contribution in [3.05, 3.63) is 76.8 Å². The summed E-state index contributed by atoms with van der Waals surface area (Å²) in [5.74, 6) is 3.01. The molecule has 1 aliphatic rings. The van der Waals surface area contributed by atoms with Crippen molar-refractivity contribution in [2.45, 2.75) is 89.4 Å². The van der Waals surface area contributed by atoms with Crippen molar-refractivity contribution in [2.75, 3.05) is 28.6 Å². The van der Waals surface area contributed by atoms with Crippen molar-refractivity contribution in [1.82, 2.24) is 19.9 Å². The molecule has 0 saturated carbocycles. The lowest BCUT2D eigenvalue weighted by Crippen LogP contribution is -2.34. The molecular weight excluding hydrogens is 634 g/mol. The van der Waals surface area contributed by atoms with Crippen LogP contribution in [0.25, 0.3) is 0 Å². The SMILES string of the molecule is Cc1cc(Nc2cnc(C(C)C)cn2)c(OC(C)C)cc1C1CCN(c2ncc(Cl)c(Nc3ccccc3S(=O)(=O)C(C)C)n2)CC1. The van der Waals surface area contributed by atoms with Gasteiger partial charge in [-0.2, -0.15) is 4.98 Å². The Balaban J connectivity index is 1.32. The number of para-hydroxylation sites is 1. The Morgan fingerprint density at radius 2 is 1.64 bits per heavy atom. The van der Waals surface area contributed by atoms with Gasteiger partial charge in [-0.15, -0.1) is 0 Å². The van der Waals surface area contributed by atoms with Crippen LogP contribution in [0.4, 0.5) is 29.0 Å². The van der Waals surface area contributed by atoms with E-state index in [0.29, 0.717) is 40.1 Å². The first-order valence-corrected chi connectivity index (χ1v) is 18.0. The summed E-state index contributed by atoms with van der Waals surface area (Å²) in [6, 6.07) is 11.1. The number of nitrogens with one attached hydrogen (secondary N) is 2. The predicted molar refractivity (Wildman–Crippen MR) is 190 cm³/mol. The van der Waals surface area contributed by atoms with Crippen LogP contribution in [0.1, 0.15) is 83.0 Å². The molecule has 4 aromatic rings. The monoisotopic (exact) mass is 677 g/mol. The van der Waals surface area contributed by atoms with E-state index in [9.17, 15) is 8.42 Å². The molecule has 2 aromatic carbocycles. The molecule has 0 bridgehead atoms. The van der Waals surface area contributed by atoms with Crippen LogP contribution in [0.3, 0.4) is 0 Å². The summed E-state index contributed by atoms with van der Waals surface area (Å²) in [6.45, 7) is 15.2. The van der Waals surface area contributed by atoms with Gasteiger partial charge < -0.3 is 20.3 Å². The number of piperidine rings is 1. The number of aromatic nitrogens is 4. The van der Waals surface area contributed by atoms with Crippen LogP contribution in [0.5, 0.6) is 5.75 Å². The molecule has 0 amide bonds. The van der Waals surface area contributed by atoms with E-state index in [1.54, 1.807) is 50.5 Å². The number of benzene rings is 2. The molecule has 1 aliphatic heterocycles. The second-order valence-electron chi connectivity index (χ2n) is 12.8. The molecule has 0 atom stereocenters. The van der Waals surface area contributed by atoms with Crippen LogP contribution in [-0.4, -0.2) is 52.8 Å². The zero-order chi connectivity index (χ0) is 33.9. The zero-order valence-electron chi connectivity index (χ0n) is 28.1. The van der Waals surface area contributed by atoms with Gasteiger partial charge in [-0.1, -0.05) is 37.6 Å². The van der Waals surface area contributed by atoms with Gasteiger partial charge in [0.05, 0.1) is 51.9 Å². The summed E-state index contributed by atoms with van der Waals surface area (Å²) < 4.78 is 32.3. The van der Waals surface area contributed by atoms with Gasteiger partial charge in [0.25, 0.3) is 0 Å². The van der Waals surface area contributed by atoms with E-state index in [4.69, 9.17) is 21.3 Å². The highest BCUT2D eigenvalue weighted by Crippen LogP contribution is 2.39. The van der Waals surface area contributed by atoms with Crippen LogP contribution < -0.4 is 20.3 Å². The average molecular weight is 678 g/mol. The van der Waals surface area contributed by atoms with Gasteiger partial charge in [0.15, 0.2) is 15.7 Å². The molecular formula is C35H44ClN7O3S. The molecule has 10 nitrogen and oxygen atoms in total. The number of hydrogen-bond donors (Lipinski definition) is 2. The van der Waals surface area contributed by atoms with Gasteiger partial charge in [-0.3, -0.25) is 4.98 Å². The van der Waals surface area contributed by atoms with Crippen molar-refractivity contribution >= 4 is 50.4 Å². The number of halogens is 1. The molecule has 0 radical (unpaired) electrons. The molecule has 5 rings (SSSR count). The maximum absolute atomic E-state index is 13.0. The third-order valence-corrected chi connectivity index (χ3v) is 10.8. The lowest BCUT2D eigenvalue weighted by Gasteiger charge is -2.33. The number of sulfone groups is 1. The van der Waals surface area contributed by atoms with Crippen LogP contribution in [-0.2, 0) is 9.84 Å². The summed E-state index contributed by atoms with van der Waals surface area (Å²) >= 11 is 6.49. The topological polar surface area (TPSA) is 122 Å². The van der Waals surface area contributed by atoms with Gasteiger partial charge in [0.2, 0.25) is 5.95 Å². The number of nitrogens with zero attached hydrogens (tertiary/aromatic N) is 5. The molecule has 2 aromatic heterocycles. The fourth-order valence-corrected chi connectivity index (χ4v) is 6.96. The van der Waals surface area contributed by atoms with E-state index in [-0.39, 0.29) is 11.0 Å². The van der Waals surface area contributed by atoms with Crippen LogP contribution in [0.2, 0.25) is 5.02 Å². The smallest absolute Gasteiger partial charge is 0.227 e. The lowest BCUT2D eigenvalue weighted by atomic mass is 9.86. The summed E-state index contributed by atoms with van der Waals surface area (Å²) in [5.41, 5.74) is 4.68. The molecule has 250 valence electrons. The van der Waals surface area contributed by atoms with Gasteiger partial charge >= 0.3 is 0 Å². The number of aryl methyl sites for hydroxylation is 1. The van der Waals surface area contributed by atoms with Crippen molar-refractivity contribution in [1.29, 1.82) is 0 Å². The normalized spacial score (nSPS) is 14.2. The Kier molecular flexibility index (Phi) is 10.6. The second kappa shape index (κ2) is 14.4. The van der Waals surface area contributed by atoms with Gasteiger partial charge in [-0.25, -0.2) is 18.4 Å². The first-order chi connectivity index (χ1) is 22.3. The average Bonchev–Trinajstić information content (AvgIpc) is 3.03.